The zero-order valence-corrected chi connectivity index (χ0v) is 18.2. The van der Waals surface area contributed by atoms with Gasteiger partial charge in [-0.15, -0.1) is 0 Å². The van der Waals surface area contributed by atoms with Crippen molar-refractivity contribution < 1.29 is 13.2 Å². The highest BCUT2D eigenvalue weighted by Gasteiger charge is 2.32. The number of benzene rings is 1. The average Bonchev–Trinajstić information content (AvgIpc) is 2.95. The normalized spacial score (nSPS) is 16.0. The SMILES string of the molecule is Cc1cc(C(=O)N2CCN(S(=O)(=O)c3ccccc3Cl)CC2)c(C)n1C(C)C. The molecule has 0 bridgehead atoms. The van der Waals surface area contributed by atoms with Gasteiger partial charge in [0.05, 0.1) is 10.6 Å². The lowest BCUT2D eigenvalue weighted by atomic mass is 10.2. The van der Waals surface area contributed by atoms with E-state index in [2.05, 4.69) is 18.4 Å². The number of sulfonamides is 1. The maximum Gasteiger partial charge on any atom is 0.255 e. The Morgan fingerprint density at radius 2 is 1.68 bits per heavy atom. The molecule has 0 N–H and O–H groups in total. The highest BCUT2D eigenvalue weighted by Crippen LogP contribution is 2.26. The van der Waals surface area contributed by atoms with Gasteiger partial charge in [0, 0.05) is 43.6 Å². The number of piperazine rings is 1. The van der Waals surface area contributed by atoms with E-state index in [0.717, 1.165) is 11.4 Å². The number of hydrogen-bond donors (Lipinski definition) is 0. The topological polar surface area (TPSA) is 62.6 Å². The second-order valence-electron chi connectivity index (χ2n) is 7.38. The Morgan fingerprint density at radius 3 is 2.21 bits per heavy atom. The summed E-state index contributed by atoms with van der Waals surface area (Å²) in [5.74, 6) is -0.0465. The standard InChI is InChI=1S/C20H26ClN3O3S/c1-14(2)24-15(3)13-17(16(24)4)20(25)22-9-11-23(12-10-22)28(26,27)19-8-6-5-7-18(19)21/h5-8,13-14H,9-12H2,1-4H3. The molecule has 0 radical (unpaired) electrons. The summed E-state index contributed by atoms with van der Waals surface area (Å²) in [5, 5.41) is 0.210. The molecule has 1 aromatic carbocycles. The first-order chi connectivity index (χ1) is 13.1. The van der Waals surface area contributed by atoms with Crippen molar-refractivity contribution in [2.75, 3.05) is 26.2 Å². The zero-order valence-electron chi connectivity index (χ0n) is 16.6. The van der Waals surface area contributed by atoms with Crippen molar-refractivity contribution in [2.24, 2.45) is 0 Å². The number of amides is 1. The van der Waals surface area contributed by atoms with Gasteiger partial charge >= 0.3 is 0 Å². The summed E-state index contributed by atoms with van der Waals surface area (Å²) in [4.78, 5) is 14.8. The third-order valence-electron chi connectivity index (χ3n) is 5.21. The van der Waals surface area contributed by atoms with Crippen molar-refractivity contribution in [3.05, 3.63) is 52.3 Å². The van der Waals surface area contributed by atoms with Gasteiger partial charge in [-0.25, -0.2) is 8.42 Å². The molecule has 0 aliphatic carbocycles. The molecule has 1 amide bonds. The van der Waals surface area contributed by atoms with Gasteiger partial charge in [-0.3, -0.25) is 4.79 Å². The Bertz CT molecular complexity index is 990. The van der Waals surface area contributed by atoms with Crippen LogP contribution >= 0.6 is 11.6 Å². The molecule has 1 aliphatic heterocycles. The molecule has 1 aliphatic rings. The first-order valence-electron chi connectivity index (χ1n) is 9.37. The molecule has 0 saturated carbocycles. The van der Waals surface area contributed by atoms with Crippen molar-refractivity contribution in [1.82, 2.24) is 13.8 Å². The minimum Gasteiger partial charge on any atom is -0.346 e. The van der Waals surface area contributed by atoms with Crippen molar-refractivity contribution in [1.29, 1.82) is 0 Å². The predicted octanol–water partition coefficient (Wildman–Crippen LogP) is 3.49. The molecule has 1 fully saturated rings. The number of aromatic nitrogens is 1. The highest BCUT2D eigenvalue weighted by molar-refractivity contribution is 7.89. The molecule has 3 rings (SSSR count). The van der Waals surface area contributed by atoms with Gasteiger partial charge in [-0.1, -0.05) is 23.7 Å². The van der Waals surface area contributed by atoms with E-state index in [9.17, 15) is 13.2 Å². The molecule has 28 heavy (non-hydrogen) atoms. The van der Waals surface area contributed by atoms with E-state index in [-0.39, 0.29) is 35.0 Å². The fourth-order valence-corrected chi connectivity index (χ4v) is 5.80. The summed E-state index contributed by atoms with van der Waals surface area (Å²) in [6, 6.07) is 8.63. The fourth-order valence-electron chi connectivity index (χ4n) is 3.88. The van der Waals surface area contributed by atoms with Crippen LogP contribution in [0.2, 0.25) is 5.02 Å². The van der Waals surface area contributed by atoms with Crippen LogP contribution in [0.1, 0.15) is 41.6 Å². The molecule has 6 nitrogen and oxygen atoms in total. The summed E-state index contributed by atoms with van der Waals surface area (Å²) in [6.07, 6.45) is 0. The summed E-state index contributed by atoms with van der Waals surface area (Å²) in [7, 11) is -3.67. The van der Waals surface area contributed by atoms with Crippen molar-refractivity contribution >= 4 is 27.5 Å². The Morgan fingerprint density at radius 1 is 1.07 bits per heavy atom. The Balaban J connectivity index is 1.75. The third-order valence-corrected chi connectivity index (χ3v) is 7.61. The molecule has 0 atom stereocenters. The number of carbonyl (C=O) groups is 1. The minimum absolute atomic E-state index is 0.0465. The quantitative estimate of drug-likeness (QED) is 0.756. The molecule has 0 spiro atoms. The Hall–Kier alpha value is -1.83. The monoisotopic (exact) mass is 423 g/mol. The summed E-state index contributed by atoms with van der Waals surface area (Å²) >= 11 is 6.07. The van der Waals surface area contributed by atoms with Crippen molar-refractivity contribution in [2.45, 2.75) is 38.6 Å². The van der Waals surface area contributed by atoms with Crippen LogP contribution in [0.3, 0.4) is 0 Å². The number of rotatable bonds is 4. The van der Waals surface area contributed by atoms with E-state index in [1.54, 1.807) is 23.1 Å². The van der Waals surface area contributed by atoms with Crippen molar-refractivity contribution in [3.8, 4) is 0 Å². The summed E-state index contributed by atoms with van der Waals surface area (Å²) < 4.78 is 29.3. The van der Waals surface area contributed by atoms with Crippen LogP contribution in [0.4, 0.5) is 0 Å². The van der Waals surface area contributed by atoms with E-state index >= 15 is 0 Å². The van der Waals surface area contributed by atoms with Crippen LogP contribution in [0, 0.1) is 13.8 Å². The average molecular weight is 424 g/mol. The number of carbonyl (C=O) groups excluding carboxylic acids is 1. The maximum absolute atomic E-state index is 13.0. The number of hydrogen-bond acceptors (Lipinski definition) is 3. The van der Waals surface area contributed by atoms with Gasteiger partial charge in [-0.2, -0.15) is 4.31 Å². The van der Waals surface area contributed by atoms with Crippen molar-refractivity contribution in [3.63, 3.8) is 0 Å². The summed E-state index contributed by atoms with van der Waals surface area (Å²) in [6.45, 7) is 9.35. The number of aryl methyl sites for hydroxylation is 1. The molecule has 2 aromatic rings. The lowest BCUT2D eigenvalue weighted by molar-refractivity contribution is 0.0697. The number of nitrogens with zero attached hydrogens (tertiary/aromatic N) is 3. The Kier molecular flexibility index (Phi) is 5.89. The lowest BCUT2D eigenvalue weighted by Gasteiger charge is -2.34. The molecule has 1 saturated heterocycles. The van der Waals surface area contributed by atoms with Gasteiger partial charge in [0.2, 0.25) is 10.0 Å². The second-order valence-corrected chi connectivity index (χ2v) is 9.69. The molecule has 2 heterocycles. The van der Waals surface area contributed by atoms with Gasteiger partial charge in [0.25, 0.3) is 5.91 Å². The molecular weight excluding hydrogens is 398 g/mol. The van der Waals surface area contributed by atoms with E-state index in [0.29, 0.717) is 18.7 Å². The van der Waals surface area contributed by atoms with Crippen LogP contribution in [-0.2, 0) is 10.0 Å². The third kappa shape index (κ3) is 3.71. The van der Waals surface area contributed by atoms with Gasteiger partial charge in [0.15, 0.2) is 0 Å². The molecule has 152 valence electrons. The molecule has 1 aromatic heterocycles. The van der Waals surface area contributed by atoms with Crippen LogP contribution in [-0.4, -0.2) is 54.3 Å². The van der Waals surface area contributed by atoms with E-state index in [1.165, 1.54) is 10.4 Å². The first kappa shape index (κ1) is 20.9. The van der Waals surface area contributed by atoms with Crippen LogP contribution in [0.25, 0.3) is 0 Å². The Labute approximate surface area is 171 Å². The second kappa shape index (κ2) is 7.89. The van der Waals surface area contributed by atoms with Gasteiger partial charge in [-0.05, 0) is 45.9 Å². The van der Waals surface area contributed by atoms with Crippen LogP contribution in [0.5, 0.6) is 0 Å². The smallest absolute Gasteiger partial charge is 0.255 e. The van der Waals surface area contributed by atoms with E-state index in [1.807, 2.05) is 19.9 Å². The van der Waals surface area contributed by atoms with Crippen LogP contribution in [0.15, 0.2) is 35.2 Å². The maximum atomic E-state index is 13.0. The molecule has 0 unspecified atom stereocenters. The van der Waals surface area contributed by atoms with E-state index in [4.69, 9.17) is 11.6 Å². The highest BCUT2D eigenvalue weighted by atomic mass is 35.5. The summed E-state index contributed by atoms with van der Waals surface area (Å²) in [5.41, 5.74) is 2.69. The van der Waals surface area contributed by atoms with E-state index < -0.39 is 10.0 Å². The molecule has 8 heteroatoms. The van der Waals surface area contributed by atoms with Crippen LogP contribution < -0.4 is 0 Å². The zero-order chi connectivity index (χ0) is 20.6. The largest absolute Gasteiger partial charge is 0.346 e. The lowest BCUT2D eigenvalue weighted by Crippen LogP contribution is -2.50. The fraction of sp³-hybridized carbons (Fsp3) is 0.450. The predicted molar refractivity (Wildman–Crippen MR) is 110 cm³/mol. The molecular formula is C20H26ClN3O3S. The van der Waals surface area contributed by atoms with Gasteiger partial charge < -0.3 is 9.47 Å². The minimum atomic E-state index is -3.67. The number of halogens is 1. The first-order valence-corrected chi connectivity index (χ1v) is 11.2. The van der Waals surface area contributed by atoms with Gasteiger partial charge in [0.1, 0.15) is 4.90 Å².